The van der Waals surface area contributed by atoms with Crippen LogP contribution in [0.4, 0.5) is 0 Å². The van der Waals surface area contributed by atoms with Gasteiger partial charge in [0.05, 0.1) is 11.7 Å². The Kier molecular flexibility index (Phi) is 8.65. The minimum absolute atomic E-state index is 0.0955. The normalized spacial score (nSPS) is 13.1. The Morgan fingerprint density at radius 1 is 1.09 bits per heavy atom. The predicted octanol–water partition coefficient (Wildman–Crippen LogP) is 2.48. The van der Waals surface area contributed by atoms with Crippen molar-refractivity contribution in [2.24, 2.45) is 0 Å². The molecule has 2 aromatic heterocycles. The van der Waals surface area contributed by atoms with Gasteiger partial charge in [0.2, 0.25) is 11.8 Å². The largest absolute Gasteiger partial charge is 0.356 e. The molecule has 0 radical (unpaired) electrons. The van der Waals surface area contributed by atoms with Crippen LogP contribution in [0.5, 0.6) is 0 Å². The summed E-state index contributed by atoms with van der Waals surface area (Å²) < 4.78 is 1.37. The molecule has 1 aromatic carbocycles. The molecule has 4 rings (SSSR count). The lowest BCUT2D eigenvalue weighted by Gasteiger charge is -2.16. The lowest BCUT2D eigenvalue weighted by atomic mass is 9.97. The van der Waals surface area contributed by atoms with Gasteiger partial charge in [-0.3, -0.25) is 19.0 Å². The van der Waals surface area contributed by atoms with Gasteiger partial charge in [-0.2, -0.15) is 0 Å². The maximum absolute atomic E-state index is 13.0. The first-order valence-electron chi connectivity index (χ1n) is 12.3. The second-order valence-corrected chi connectivity index (χ2v) is 10.2. The quantitative estimate of drug-likeness (QED) is 0.399. The first kappa shape index (κ1) is 25.1. The molecule has 2 amide bonds. The maximum Gasteiger partial charge on any atom is 0.262 e. The number of thiophene rings is 1. The molecule has 0 atom stereocenters. The molecule has 8 nitrogen and oxygen atoms in total. The second kappa shape index (κ2) is 12.1. The average Bonchev–Trinajstić information content (AvgIpc) is 3.24. The van der Waals surface area contributed by atoms with Gasteiger partial charge in [0.1, 0.15) is 11.4 Å². The summed E-state index contributed by atoms with van der Waals surface area (Å²) in [5, 5.41) is 6.31. The van der Waals surface area contributed by atoms with Crippen LogP contribution in [-0.2, 0) is 35.5 Å². The van der Waals surface area contributed by atoms with Crippen molar-refractivity contribution in [2.45, 2.75) is 51.6 Å². The number of carbonyl (C=O) groups excluding carboxylic acids is 2. The zero-order valence-corrected chi connectivity index (χ0v) is 21.0. The van der Waals surface area contributed by atoms with Crippen LogP contribution in [0.25, 0.3) is 10.2 Å². The number of amides is 2. The van der Waals surface area contributed by atoms with Crippen molar-refractivity contribution < 1.29 is 9.59 Å². The molecular formula is C26H33N5O3S. The summed E-state index contributed by atoms with van der Waals surface area (Å²) in [6.07, 6.45) is 6.65. The summed E-state index contributed by atoms with van der Waals surface area (Å²) in [7, 11) is 2.07. The van der Waals surface area contributed by atoms with E-state index in [1.54, 1.807) is 11.3 Å². The van der Waals surface area contributed by atoms with Crippen molar-refractivity contribution in [3.05, 3.63) is 63.0 Å². The van der Waals surface area contributed by atoms with Gasteiger partial charge < -0.3 is 15.5 Å². The second-order valence-electron chi connectivity index (χ2n) is 9.10. The molecule has 3 aromatic rings. The van der Waals surface area contributed by atoms with E-state index in [9.17, 15) is 14.4 Å². The lowest BCUT2D eigenvalue weighted by Crippen LogP contribution is -2.35. The highest BCUT2D eigenvalue weighted by molar-refractivity contribution is 7.18. The van der Waals surface area contributed by atoms with E-state index >= 15 is 0 Å². The van der Waals surface area contributed by atoms with Gasteiger partial charge in [-0.05, 0) is 56.8 Å². The highest BCUT2D eigenvalue weighted by atomic mass is 32.1. The zero-order valence-electron chi connectivity index (χ0n) is 20.2. The van der Waals surface area contributed by atoms with Crippen molar-refractivity contribution in [3.63, 3.8) is 0 Å². The third-order valence-corrected chi connectivity index (χ3v) is 7.46. The number of hydrogen-bond acceptors (Lipinski definition) is 6. The Balaban J connectivity index is 1.15. The fourth-order valence-electron chi connectivity index (χ4n) is 4.46. The van der Waals surface area contributed by atoms with E-state index in [0.717, 1.165) is 55.6 Å². The van der Waals surface area contributed by atoms with E-state index in [2.05, 4.69) is 39.7 Å². The van der Waals surface area contributed by atoms with Crippen molar-refractivity contribution in [1.82, 2.24) is 25.1 Å². The number of hydrogen-bond donors (Lipinski definition) is 2. The first-order chi connectivity index (χ1) is 17.0. The summed E-state index contributed by atoms with van der Waals surface area (Å²) in [4.78, 5) is 46.1. The number of carbonyl (C=O) groups is 2. The molecule has 0 unspecified atom stereocenters. The lowest BCUT2D eigenvalue weighted by molar-refractivity contribution is -0.122. The minimum Gasteiger partial charge on any atom is -0.356 e. The average molecular weight is 496 g/mol. The number of fused-ring (bicyclic) bond motifs is 3. The number of rotatable bonds is 11. The summed E-state index contributed by atoms with van der Waals surface area (Å²) >= 11 is 1.60. The van der Waals surface area contributed by atoms with Gasteiger partial charge in [0, 0.05) is 30.9 Å². The van der Waals surface area contributed by atoms with E-state index < -0.39 is 0 Å². The third-order valence-electron chi connectivity index (χ3n) is 6.26. The Bertz CT molecular complexity index is 1220. The number of aromatic nitrogens is 2. The van der Waals surface area contributed by atoms with Gasteiger partial charge >= 0.3 is 0 Å². The molecule has 1 aliphatic rings. The van der Waals surface area contributed by atoms with Gasteiger partial charge in [0.25, 0.3) is 5.56 Å². The molecule has 35 heavy (non-hydrogen) atoms. The Hall–Kier alpha value is -3.04. The SMILES string of the molecule is CN(CCCNC(=O)CCNC(=O)Cn1cnc2sc3c(c2c1=O)CCCC3)Cc1ccccc1. The van der Waals surface area contributed by atoms with Crippen molar-refractivity contribution in [1.29, 1.82) is 0 Å². The molecule has 0 saturated carbocycles. The van der Waals surface area contributed by atoms with E-state index in [-0.39, 0.29) is 36.9 Å². The molecule has 186 valence electrons. The fraction of sp³-hybridized carbons (Fsp3) is 0.462. The molecule has 2 N–H and O–H groups in total. The van der Waals surface area contributed by atoms with Crippen molar-refractivity contribution in [3.8, 4) is 0 Å². The van der Waals surface area contributed by atoms with Crippen molar-refractivity contribution >= 4 is 33.4 Å². The molecule has 0 saturated heterocycles. The Labute approximate surface area is 209 Å². The summed E-state index contributed by atoms with van der Waals surface area (Å²) in [6, 6.07) is 10.3. The number of aryl methyl sites for hydroxylation is 2. The van der Waals surface area contributed by atoms with Crippen LogP contribution in [0.1, 0.15) is 41.7 Å². The molecular weight excluding hydrogens is 462 g/mol. The topological polar surface area (TPSA) is 96.3 Å². The van der Waals surface area contributed by atoms with Crippen LogP contribution in [0, 0.1) is 0 Å². The monoisotopic (exact) mass is 495 g/mol. The fourth-order valence-corrected chi connectivity index (χ4v) is 5.68. The third kappa shape index (κ3) is 6.76. The van der Waals surface area contributed by atoms with Crippen LogP contribution in [-0.4, -0.2) is 52.9 Å². The molecule has 0 fully saturated rings. The number of benzene rings is 1. The highest BCUT2D eigenvalue weighted by Crippen LogP contribution is 2.33. The van der Waals surface area contributed by atoms with Crippen molar-refractivity contribution in [2.75, 3.05) is 26.7 Å². The van der Waals surface area contributed by atoms with Crippen LogP contribution in [0.3, 0.4) is 0 Å². The van der Waals surface area contributed by atoms with E-state index in [0.29, 0.717) is 11.9 Å². The zero-order chi connectivity index (χ0) is 24.6. The summed E-state index contributed by atoms with van der Waals surface area (Å²) in [6.45, 7) is 2.49. The van der Waals surface area contributed by atoms with Gasteiger partial charge in [-0.15, -0.1) is 11.3 Å². The molecule has 0 spiro atoms. The Morgan fingerprint density at radius 2 is 1.86 bits per heavy atom. The summed E-state index contributed by atoms with van der Waals surface area (Å²) in [5.74, 6) is -0.395. The molecule has 9 heteroatoms. The van der Waals surface area contributed by atoms with Crippen LogP contribution < -0.4 is 16.2 Å². The Morgan fingerprint density at radius 3 is 2.69 bits per heavy atom. The van der Waals surface area contributed by atoms with E-state index in [4.69, 9.17) is 0 Å². The van der Waals surface area contributed by atoms with Crippen LogP contribution in [0.15, 0.2) is 41.5 Å². The van der Waals surface area contributed by atoms with Gasteiger partial charge in [0.15, 0.2) is 0 Å². The molecule has 2 heterocycles. The molecule has 1 aliphatic carbocycles. The smallest absolute Gasteiger partial charge is 0.262 e. The standard InChI is InChI=1S/C26H33N5O3S/c1-30(16-19-8-3-2-4-9-19)15-7-13-27-22(32)12-14-28-23(33)17-31-18-29-25-24(26(31)34)20-10-5-6-11-21(20)35-25/h2-4,8-9,18H,5-7,10-17H2,1H3,(H,27,32)(H,28,33). The van der Waals surface area contributed by atoms with Gasteiger partial charge in [-0.25, -0.2) is 4.98 Å². The minimum atomic E-state index is -0.298. The molecule has 0 bridgehead atoms. The van der Waals surface area contributed by atoms with Crippen LogP contribution >= 0.6 is 11.3 Å². The van der Waals surface area contributed by atoms with Crippen LogP contribution in [0.2, 0.25) is 0 Å². The number of nitrogens with zero attached hydrogens (tertiary/aromatic N) is 3. The summed E-state index contributed by atoms with van der Waals surface area (Å²) in [5.41, 5.74) is 2.23. The first-order valence-corrected chi connectivity index (χ1v) is 13.1. The van der Waals surface area contributed by atoms with E-state index in [1.165, 1.54) is 21.3 Å². The maximum atomic E-state index is 13.0. The highest BCUT2D eigenvalue weighted by Gasteiger charge is 2.20. The van der Waals surface area contributed by atoms with Gasteiger partial charge in [-0.1, -0.05) is 30.3 Å². The van der Waals surface area contributed by atoms with E-state index in [1.807, 2.05) is 18.2 Å². The predicted molar refractivity (Wildman–Crippen MR) is 139 cm³/mol. The molecule has 0 aliphatic heterocycles. The number of nitrogens with one attached hydrogen (secondary N) is 2.